The zero-order valence-electron chi connectivity index (χ0n) is 13.0. The zero-order chi connectivity index (χ0) is 14.4. The van der Waals surface area contributed by atoms with Crippen LogP contribution < -0.4 is 5.32 Å². The van der Waals surface area contributed by atoms with E-state index in [4.69, 9.17) is 0 Å². The number of hydrogen-bond acceptors (Lipinski definition) is 3. The minimum absolute atomic E-state index is 0.487. The summed E-state index contributed by atoms with van der Waals surface area (Å²) < 4.78 is 0. The Balaban J connectivity index is 2.00. The Bertz CT molecular complexity index is 382. The first kappa shape index (κ1) is 15.9. The molecule has 0 amide bonds. The Labute approximate surface area is 128 Å². The molecule has 1 heterocycles. The van der Waals surface area contributed by atoms with Gasteiger partial charge in [-0.15, -0.1) is 0 Å². The van der Waals surface area contributed by atoms with Gasteiger partial charge in [0.2, 0.25) is 0 Å². The number of rotatable bonds is 6. The molecule has 3 unspecified atom stereocenters. The average molecular weight is 292 g/mol. The van der Waals surface area contributed by atoms with Crippen molar-refractivity contribution in [2.75, 3.05) is 31.6 Å². The van der Waals surface area contributed by atoms with E-state index in [1.54, 1.807) is 0 Å². The largest absolute Gasteiger partial charge is 0.307 e. The third-order valence-corrected chi connectivity index (χ3v) is 5.11. The normalized spacial score (nSPS) is 25.6. The van der Waals surface area contributed by atoms with E-state index in [2.05, 4.69) is 60.7 Å². The van der Waals surface area contributed by atoms with E-state index in [1.807, 2.05) is 11.8 Å². The number of thioether (sulfide) groups is 1. The van der Waals surface area contributed by atoms with Crippen LogP contribution in [0.5, 0.6) is 0 Å². The summed E-state index contributed by atoms with van der Waals surface area (Å²) in [6, 6.07) is 12.0. The molecule has 0 aliphatic carbocycles. The van der Waals surface area contributed by atoms with Crippen LogP contribution >= 0.6 is 11.8 Å². The maximum Gasteiger partial charge on any atom is 0.0449 e. The second-order valence-electron chi connectivity index (χ2n) is 5.95. The van der Waals surface area contributed by atoms with Crippen LogP contribution in [0.25, 0.3) is 0 Å². The van der Waals surface area contributed by atoms with E-state index < -0.39 is 0 Å². The highest BCUT2D eigenvalue weighted by Crippen LogP contribution is 2.22. The summed E-state index contributed by atoms with van der Waals surface area (Å²) in [6.07, 6.45) is 3.44. The van der Waals surface area contributed by atoms with Crippen molar-refractivity contribution < 1.29 is 0 Å². The predicted octanol–water partition coefficient (Wildman–Crippen LogP) is 3.41. The lowest BCUT2D eigenvalue weighted by molar-refractivity contribution is 0.113. The van der Waals surface area contributed by atoms with Crippen molar-refractivity contribution in [1.82, 2.24) is 10.2 Å². The fourth-order valence-corrected chi connectivity index (χ4v) is 3.80. The first-order valence-corrected chi connectivity index (χ1v) is 9.15. The summed E-state index contributed by atoms with van der Waals surface area (Å²) in [7, 11) is 0. The summed E-state index contributed by atoms with van der Waals surface area (Å²) in [4.78, 5) is 2.70. The van der Waals surface area contributed by atoms with Crippen LogP contribution in [-0.4, -0.2) is 42.6 Å². The molecule has 1 aromatic rings. The molecule has 1 saturated heterocycles. The first-order valence-electron chi connectivity index (χ1n) is 7.75. The zero-order valence-corrected chi connectivity index (χ0v) is 13.8. The minimum Gasteiger partial charge on any atom is -0.307 e. The highest BCUT2D eigenvalue weighted by Gasteiger charge is 2.28. The van der Waals surface area contributed by atoms with Gasteiger partial charge in [-0.2, -0.15) is 11.8 Å². The van der Waals surface area contributed by atoms with Gasteiger partial charge in [-0.25, -0.2) is 0 Å². The van der Waals surface area contributed by atoms with Gasteiger partial charge in [-0.3, -0.25) is 4.90 Å². The number of nitrogens with one attached hydrogen (secondary N) is 1. The van der Waals surface area contributed by atoms with Gasteiger partial charge in [-0.1, -0.05) is 44.2 Å². The first-order chi connectivity index (χ1) is 9.74. The number of benzene rings is 1. The molecule has 1 fully saturated rings. The van der Waals surface area contributed by atoms with Crippen LogP contribution in [-0.2, 0) is 0 Å². The maximum atomic E-state index is 3.72. The van der Waals surface area contributed by atoms with Crippen LogP contribution in [0.4, 0.5) is 0 Å². The van der Waals surface area contributed by atoms with Crippen LogP contribution in [0.3, 0.4) is 0 Å². The monoisotopic (exact) mass is 292 g/mol. The molecule has 2 nitrogen and oxygen atoms in total. The number of hydrogen-bond donors (Lipinski definition) is 1. The molecule has 0 spiro atoms. The fourth-order valence-electron chi connectivity index (χ4n) is 3.13. The van der Waals surface area contributed by atoms with Gasteiger partial charge in [0.25, 0.3) is 0 Å². The molecular formula is C17H28N2S. The van der Waals surface area contributed by atoms with E-state index in [0.29, 0.717) is 12.1 Å². The predicted molar refractivity (Wildman–Crippen MR) is 90.4 cm³/mol. The van der Waals surface area contributed by atoms with Gasteiger partial charge >= 0.3 is 0 Å². The molecule has 0 aromatic heterocycles. The van der Waals surface area contributed by atoms with Crippen LogP contribution in [0, 0.1) is 5.92 Å². The summed E-state index contributed by atoms with van der Waals surface area (Å²) in [5.41, 5.74) is 1.42. The van der Waals surface area contributed by atoms with E-state index >= 15 is 0 Å². The number of nitrogens with zero attached hydrogens (tertiary/aromatic N) is 1. The highest BCUT2D eigenvalue weighted by atomic mass is 32.2. The molecule has 1 N–H and O–H groups in total. The van der Waals surface area contributed by atoms with Gasteiger partial charge in [0.05, 0.1) is 0 Å². The molecule has 3 heteroatoms. The summed E-state index contributed by atoms with van der Waals surface area (Å²) in [5, 5.41) is 3.72. The lowest BCUT2D eigenvalue weighted by atomic mass is 9.99. The van der Waals surface area contributed by atoms with Crippen molar-refractivity contribution in [3.63, 3.8) is 0 Å². The molecule has 0 radical (unpaired) electrons. The van der Waals surface area contributed by atoms with Gasteiger partial charge < -0.3 is 5.32 Å². The molecule has 1 aromatic carbocycles. The molecule has 20 heavy (non-hydrogen) atoms. The van der Waals surface area contributed by atoms with E-state index in [-0.39, 0.29) is 0 Å². The van der Waals surface area contributed by atoms with Crippen molar-refractivity contribution in [3.05, 3.63) is 35.9 Å². The lowest BCUT2D eigenvalue weighted by Gasteiger charge is -2.41. The summed E-state index contributed by atoms with van der Waals surface area (Å²) >= 11 is 1.96. The summed E-state index contributed by atoms with van der Waals surface area (Å²) in [6.45, 7) is 8.16. The van der Waals surface area contributed by atoms with Crippen molar-refractivity contribution in [3.8, 4) is 0 Å². The van der Waals surface area contributed by atoms with Gasteiger partial charge in [0.15, 0.2) is 0 Å². The molecule has 1 aliphatic heterocycles. The molecule has 2 rings (SSSR count). The third-order valence-electron chi connectivity index (χ3n) is 4.20. The number of piperazine rings is 1. The van der Waals surface area contributed by atoms with Crippen LogP contribution in [0.1, 0.15) is 31.9 Å². The highest BCUT2D eigenvalue weighted by molar-refractivity contribution is 7.98. The summed E-state index contributed by atoms with van der Waals surface area (Å²) in [5.74, 6) is 2.03. The van der Waals surface area contributed by atoms with Crippen molar-refractivity contribution in [2.45, 2.75) is 32.4 Å². The second-order valence-corrected chi connectivity index (χ2v) is 6.86. The van der Waals surface area contributed by atoms with Gasteiger partial charge in [0.1, 0.15) is 0 Å². The van der Waals surface area contributed by atoms with Crippen molar-refractivity contribution in [2.24, 2.45) is 5.92 Å². The Morgan fingerprint density at radius 1 is 1.35 bits per heavy atom. The second kappa shape index (κ2) is 8.06. The quantitative estimate of drug-likeness (QED) is 0.865. The van der Waals surface area contributed by atoms with E-state index in [9.17, 15) is 0 Å². The van der Waals surface area contributed by atoms with E-state index in [0.717, 1.165) is 19.0 Å². The molecule has 0 saturated carbocycles. The Morgan fingerprint density at radius 3 is 2.75 bits per heavy atom. The Kier molecular flexibility index (Phi) is 6.40. The van der Waals surface area contributed by atoms with Gasteiger partial charge in [0, 0.05) is 31.7 Å². The van der Waals surface area contributed by atoms with Gasteiger partial charge in [-0.05, 0) is 29.9 Å². The molecular weight excluding hydrogens is 264 g/mol. The topological polar surface area (TPSA) is 15.3 Å². The van der Waals surface area contributed by atoms with Crippen LogP contribution in [0.2, 0.25) is 0 Å². The molecule has 112 valence electrons. The van der Waals surface area contributed by atoms with Crippen molar-refractivity contribution >= 4 is 11.8 Å². The third kappa shape index (κ3) is 4.24. The SMILES string of the molecule is CCC1CNC(c2ccccc2)CN1CC(C)CSC. The lowest BCUT2D eigenvalue weighted by Crippen LogP contribution is -2.53. The molecule has 3 atom stereocenters. The Morgan fingerprint density at radius 2 is 2.10 bits per heavy atom. The molecule has 0 bridgehead atoms. The van der Waals surface area contributed by atoms with E-state index in [1.165, 1.54) is 24.3 Å². The average Bonchev–Trinajstić information content (AvgIpc) is 2.48. The minimum atomic E-state index is 0.487. The van der Waals surface area contributed by atoms with Crippen molar-refractivity contribution in [1.29, 1.82) is 0 Å². The fraction of sp³-hybridized carbons (Fsp3) is 0.647. The van der Waals surface area contributed by atoms with Crippen LogP contribution in [0.15, 0.2) is 30.3 Å². The maximum absolute atomic E-state index is 3.72. The standard InChI is InChI=1S/C17H28N2S/c1-4-16-10-18-17(15-8-6-5-7-9-15)12-19(16)11-14(2)13-20-3/h5-9,14,16-18H,4,10-13H2,1-3H3. The molecule has 1 aliphatic rings. The smallest absolute Gasteiger partial charge is 0.0449 e. The Hall–Kier alpha value is -0.510.